The van der Waals surface area contributed by atoms with E-state index in [1.54, 1.807) is 0 Å². The van der Waals surface area contributed by atoms with E-state index in [2.05, 4.69) is 63.2 Å². The van der Waals surface area contributed by atoms with E-state index in [4.69, 9.17) is 0 Å². The Kier molecular flexibility index (Phi) is 5.34. The van der Waals surface area contributed by atoms with Gasteiger partial charge in [0.15, 0.2) is 0 Å². The highest BCUT2D eigenvalue weighted by atomic mass is 14.1. The Labute approximate surface area is 128 Å². The second-order valence-electron chi connectivity index (χ2n) is 5.29. The van der Waals surface area contributed by atoms with Gasteiger partial charge >= 0.3 is 0 Å². The molecule has 0 heteroatoms. The molecule has 3 rings (SSSR count). The van der Waals surface area contributed by atoms with Crippen molar-refractivity contribution in [3.05, 3.63) is 95.6 Å². The van der Waals surface area contributed by atoms with Crippen LogP contribution in [0.4, 0.5) is 0 Å². The molecule has 0 heterocycles. The first-order valence-corrected chi connectivity index (χ1v) is 7.32. The van der Waals surface area contributed by atoms with E-state index in [-0.39, 0.29) is 0 Å². The molecule has 0 aliphatic heterocycles. The molecule has 3 aromatic rings. The van der Waals surface area contributed by atoms with E-state index < -0.39 is 0 Å². The standard InChI is InChI=1S/C15H16.C6H6/c1-11-8-9-15(13(3)10-11)14-7-5-4-6-12(14)2;1-2-4-6-5-3-1/h4-10H,1-3H3;1-6H. The summed E-state index contributed by atoms with van der Waals surface area (Å²) in [5.41, 5.74) is 6.70. The highest BCUT2D eigenvalue weighted by molar-refractivity contribution is 5.70. The maximum Gasteiger partial charge on any atom is -0.0152 e. The lowest BCUT2D eigenvalue weighted by Gasteiger charge is -2.09. The molecule has 0 spiro atoms. The Morgan fingerprint density at radius 1 is 0.476 bits per heavy atom. The summed E-state index contributed by atoms with van der Waals surface area (Å²) in [5.74, 6) is 0. The molecule has 21 heavy (non-hydrogen) atoms. The van der Waals surface area contributed by atoms with Crippen molar-refractivity contribution in [1.82, 2.24) is 0 Å². The number of benzene rings is 3. The van der Waals surface area contributed by atoms with Crippen molar-refractivity contribution in [2.24, 2.45) is 0 Å². The highest BCUT2D eigenvalue weighted by Crippen LogP contribution is 2.26. The lowest BCUT2D eigenvalue weighted by Crippen LogP contribution is -1.87. The molecule has 0 radical (unpaired) electrons. The molecule has 0 aliphatic carbocycles. The SMILES string of the molecule is Cc1ccc(-c2ccccc2C)c(C)c1.c1ccccc1. The molecule has 0 amide bonds. The van der Waals surface area contributed by atoms with Crippen LogP contribution < -0.4 is 0 Å². The molecule has 0 atom stereocenters. The third-order valence-electron chi connectivity index (χ3n) is 3.48. The Morgan fingerprint density at radius 2 is 1.00 bits per heavy atom. The van der Waals surface area contributed by atoms with E-state index >= 15 is 0 Å². The first kappa shape index (κ1) is 15.1. The topological polar surface area (TPSA) is 0 Å². The summed E-state index contributed by atoms with van der Waals surface area (Å²) in [6.07, 6.45) is 0. The van der Waals surface area contributed by atoms with Crippen LogP contribution in [-0.4, -0.2) is 0 Å². The van der Waals surface area contributed by atoms with Crippen LogP contribution in [0.2, 0.25) is 0 Å². The van der Waals surface area contributed by atoms with Gasteiger partial charge in [0.05, 0.1) is 0 Å². The number of aryl methyl sites for hydroxylation is 3. The molecular weight excluding hydrogens is 252 g/mol. The zero-order valence-electron chi connectivity index (χ0n) is 13.0. The van der Waals surface area contributed by atoms with Crippen molar-refractivity contribution in [3.8, 4) is 11.1 Å². The maximum atomic E-state index is 2.24. The van der Waals surface area contributed by atoms with Crippen molar-refractivity contribution >= 4 is 0 Å². The molecule has 0 saturated heterocycles. The van der Waals surface area contributed by atoms with Crippen LogP contribution in [-0.2, 0) is 0 Å². The zero-order valence-corrected chi connectivity index (χ0v) is 13.0. The molecule has 0 N–H and O–H groups in total. The Balaban J connectivity index is 0.000000225. The molecule has 0 aromatic heterocycles. The van der Waals surface area contributed by atoms with Gasteiger partial charge in [0.25, 0.3) is 0 Å². The lowest BCUT2D eigenvalue weighted by atomic mass is 9.95. The van der Waals surface area contributed by atoms with Gasteiger partial charge in [-0.15, -0.1) is 0 Å². The zero-order chi connectivity index (χ0) is 15.1. The van der Waals surface area contributed by atoms with E-state index in [1.807, 2.05) is 36.4 Å². The summed E-state index contributed by atoms with van der Waals surface area (Å²) >= 11 is 0. The summed E-state index contributed by atoms with van der Waals surface area (Å²) in [6.45, 7) is 6.47. The average Bonchev–Trinajstić information content (AvgIpc) is 2.51. The monoisotopic (exact) mass is 274 g/mol. The fourth-order valence-corrected chi connectivity index (χ4v) is 2.38. The molecule has 3 aromatic carbocycles. The quantitative estimate of drug-likeness (QED) is 0.513. The minimum absolute atomic E-state index is 1.32. The number of rotatable bonds is 1. The van der Waals surface area contributed by atoms with Crippen molar-refractivity contribution in [3.63, 3.8) is 0 Å². The second kappa shape index (κ2) is 7.44. The fourth-order valence-electron chi connectivity index (χ4n) is 2.38. The van der Waals surface area contributed by atoms with Gasteiger partial charge in [-0.25, -0.2) is 0 Å². The van der Waals surface area contributed by atoms with Gasteiger partial charge in [0.1, 0.15) is 0 Å². The van der Waals surface area contributed by atoms with Gasteiger partial charge in [-0.2, -0.15) is 0 Å². The van der Waals surface area contributed by atoms with Gasteiger partial charge in [-0.05, 0) is 43.0 Å². The predicted molar refractivity (Wildman–Crippen MR) is 92.5 cm³/mol. The minimum Gasteiger partial charge on any atom is -0.0623 e. The van der Waals surface area contributed by atoms with Crippen molar-refractivity contribution in [2.45, 2.75) is 20.8 Å². The molecule has 0 nitrogen and oxygen atoms in total. The van der Waals surface area contributed by atoms with E-state index in [9.17, 15) is 0 Å². The summed E-state index contributed by atoms with van der Waals surface area (Å²) in [6, 6.07) is 27.2. The molecule has 106 valence electrons. The number of hydrogen-bond acceptors (Lipinski definition) is 0. The largest absolute Gasteiger partial charge is 0.0623 e. The third-order valence-corrected chi connectivity index (χ3v) is 3.48. The fraction of sp³-hybridized carbons (Fsp3) is 0.143. The predicted octanol–water partition coefficient (Wildman–Crippen LogP) is 5.97. The first-order chi connectivity index (χ1) is 10.2. The number of hydrogen-bond donors (Lipinski definition) is 0. The smallest absolute Gasteiger partial charge is 0.0152 e. The molecule has 0 fully saturated rings. The van der Waals surface area contributed by atoms with Crippen LogP contribution in [0.3, 0.4) is 0 Å². The van der Waals surface area contributed by atoms with E-state index in [0.29, 0.717) is 0 Å². The normalized spacial score (nSPS) is 9.67. The van der Waals surface area contributed by atoms with Crippen LogP contribution in [0.1, 0.15) is 16.7 Å². The van der Waals surface area contributed by atoms with Gasteiger partial charge in [-0.1, -0.05) is 84.4 Å². The van der Waals surface area contributed by atoms with Crippen LogP contribution in [0.25, 0.3) is 11.1 Å². The average molecular weight is 274 g/mol. The minimum atomic E-state index is 1.32. The van der Waals surface area contributed by atoms with Gasteiger partial charge in [-0.3, -0.25) is 0 Å². The van der Waals surface area contributed by atoms with Crippen molar-refractivity contribution in [2.75, 3.05) is 0 Å². The Hall–Kier alpha value is -2.34. The van der Waals surface area contributed by atoms with E-state index in [0.717, 1.165) is 0 Å². The summed E-state index contributed by atoms with van der Waals surface area (Å²) in [4.78, 5) is 0. The summed E-state index contributed by atoms with van der Waals surface area (Å²) < 4.78 is 0. The van der Waals surface area contributed by atoms with Crippen LogP contribution >= 0.6 is 0 Å². The Morgan fingerprint density at radius 3 is 1.52 bits per heavy atom. The van der Waals surface area contributed by atoms with E-state index in [1.165, 1.54) is 27.8 Å². The van der Waals surface area contributed by atoms with Crippen LogP contribution in [0.5, 0.6) is 0 Å². The summed E-state index contributed by atoms with van der Waals surface area (Å²) in [5, 5.41) is 0. The van der Waals surface area contributed by atoms with Crippen molar-refractivity contribution < 1.29 is 0 Å². The second-order valence-corrected chi connectivity index (χ2v) is 5.29. The highest BCUT2D eigenvalue weighted by Gasteiger charge is 2.03. The molecule has 0 aliphatic rings. The third kappa shape index (κ3) is 4.32. The lowest BCUT2D eigenvalue weighted by molar-refractivity contribution is 1.36. The maximum absolute atomic E-state index is 2.24. The van der Waals surface area contributed by atoms with Crippen LogP contribution in [0.15, 0.2) is 78.9 Å². The summed E-state index contributed by atoms with van der Waals surface area (Å²) in [7, 11) is 0. The van der Waals surface area contributed by atoms with Gasteiger partial charge in [0.2, 0.25) is 0 Å². The van der Waals surface area contributed by atoms with Gasteiger partial charge < -0.3 is 0 Å². The van der Waals surface area contributed by atoms with Crippen LogP contribution in [0, 0.1) is 20.8 Å². The molecule has 0 saturated carbocycles. The molecule has 0 bridgehead atoms. The Bertz CT molecular complexity index is 655. The first-order valence-electron chi connectivity index (χ1n) is 7.32. The molecular formula is C21H22. The van der Waals surface area contributed by atoms with Crippen molar-refractivity contribution in [1.29, 1.82) is 0 Å². The van der Waals surface area contributed by atoms with Gasteiger partial charge in [0, 0.05) is 0 Å². The molecule has 0 unspecified atom stereocenters.